The number of furan rings is 1. The topological polar surface area (TPSA) is 82.0 Å². The number of fused-ring (bicyclic) bond motifs is 1. The molecular formula is C20H19BrN6O2. The predicted octanol–water partition coefficient (Wildman–Crippen LogP) is 3.51. The first-order chi connectivity index (χ1) is 14.2. The highest BCUT2D eigenvalue weighted by atomic mass is 79.9. The van der Waals surface area contributed by atoms with Crippen LogP contribution in [0.5, 0.6) is 0 Å². The third-order valence-corrected chi connectivity index (χ3v) is 5.81. The van der Waals surface area contributed by atoms with E-state index >= 15 is 0 Å². The molecule has 1 aromatic carbocycles. The van der Waals surface area contributed by atoms with Crippen molar-refractivity contribution in [2.45, 2.75) is 25.4 Å². The molecule has 0 bridgehead atoms. The van der Waals surface area contributed by atoms with E-state index in [1.165, 1.54) is 0 Å². The number of piperidine rings is 1. The summed E-state index contributed by atoms with van der Waals surface area (Å²) in [4.78, 5) is 19.0. The number of carbonyl (C=O) groups is 1. The Morgan fingerprint density at radius 2 is 2.00 bits per heavy atom. The Balaban J connectivity index is 1.29. The van der Waals surface area contributed by atoms with E-state index in [0.717, 1.165) is 29.7 Å². The minimum absolute atomic E-state index is 0.0634. The highest BCUT2D eigenvalue weighted by molar-refractivity contribution is 9.10. The van der Waals surface area contributed by atoms with Crippen molar-refractivity contribution in [2.75, 3.05) is 13.1 Å². The Morgan fingerprint density at radius 1 is 1.17 bits per heavy atom. The molecule has 9 heteroatoms. The van der Waals surface area contributed by atoms with Crippen LogP contribution < -0.4 is 0 Å². The second-order valence-corrected chi connectivity index (χ2v) is 7.93. The van der Waals surface area contributed by atoms with E-state index in [9.17, 15) is 4.79 Å². The summed E-state index contributed by atoms with van der Waals surface area (Å²) in [6.45, 7) is 1.93. The number of hydrogen-bond donors (Lipinski definition) is 0. The van der Waals surface area contributed by atoms with Crippen molar-refractivity contribution in [3.63, 3.8) is 0 Å². The summed E-state index contributed by atoms with van der Waals surface area (Å²) in [6, 6.07) is 11.4. The average Bonchev–Trinajstić information content (AvgIpc) is 3.49. The van der Waals surface area contributed by atoms with Crippen LogP contribution in [0.2, 0.25) is 0 Å². The van der Waals surface area contributed by atoms with Gasteiger partial charge in [0.15, 0.2) is 10.4 Å². The Hall–Kier alpha value is -2.94. The first-order valence-electron chi connectivity index (χ1n) is 9.53. The minimum Gasteiger partial charge on any atom is -0.444 e. The molecule has 0 atom stereocenters. The van der Waals surface area contributed by atoms with Crippen molar-refractivity contribution in [2.24, 2.45) is 0 Å². The molecule has 5 rings (SSSR count). The average molecular weight is 455 g/mol. The fourth-order valence-electron chi connectivity index (χ4n) is 3.89. The van der Waals surface area contributed by atoms with Gasteiger partial charge in [0.1, 0.15) is 18.0 Å². The van der Waals surface area contributed by atoms with Gasteiger partial charge < -0.3 is 13.9 Å². The summed E-state index contributed by atoms with van der Waals surface area (Å²) in [6.07, 6.45) is 5.53. The number of halogens is 1. The molecule has 1 amide bonds. The number of likely N-dealkylation sites (tertiary alicyclic amines) is 1. The van der Waals surface area contributed by atoms with Gasteiger partial charge in [-0.3, -0.25) is 4.79 Å². The Labute approximate surface area is 175 Å². The third kappa shape index (κ3) is 3.46. The van der Waals surface area contributed by atoms with E-state index in [4.69, 9.17) is 4.42 Å². The van der Waals surface area contributed by atoms with Gasteiger partial charge in [0.2, 0.25) is 0 Å². The van der Waals surface area contributed by atoms with Gasteiger partial charge in [-0.1, -0.05) is 17.3 Å². The van der Waals surface area contributed by atoms with E-state index in [1.54, 1.807) is 12.1 Å². The van der Waals surface area contributed by atoms with Crippen LogP contribution in [-0.4, -0.2) is 48.4 Å². The van der Waals surface area contributed by atoms with E-state index in [-0.39, 0.29) is 5.91 Å². The number of hydrogen-bond acceptors (Lipinski definition) is 5. The summed E-state index contributed by atoms with van der Waals surface area (Å²) in [7, 11) is 0. The quantitative estimate of drug-likeness (QED) is 0.471. The van der Waals surface area contributed by atoms with Crippen LogP contribution in [0.4, 0.5) is 0 Å². The van der Waals surface area contributed by atoms with E-state index in [1.807, 2.05) is 46.2 Å². The normalized spacial score (nSPS) is 15.3. The van der Waals surface area contributed by atoms with Crippen LogP contribution in [0.3, 0.4) is 0 Å². The predicted molar refractivity (Wildman–Crippen MR) is 109 cm³/mol. The maximum Gasteiger partial charge on any atom is 0.289 e. The van der Waals surface area contributed by atoms with Gasteiger partial charge >= 0.3 is 0 Å². The Bertz CT molecular complexity index is 1150. The van der Waals surface area contributed by atoms with Crippen molar-refractivity contribution < 1.29 is 9.21 Å². The van der Waals surface area contributed by atoms with Crippen LogP contribution >= 0.6 is 15.9 Å². The molecule has 0 radical (unpaired) electrons. The lowest BCUT2D eigenvalue weighted by Crippen LogP contribution is -2.38. The summed E-state index contributed by atoms with van der Waals surface area (Å²) >= 11 is 3.25. The standard InChI is InChI=1S/C20H19BrN6O2/c21-18-6-5-17(29-18)20(28)25-10-7-14(8-11-25)19-22-9-12-26(19)13-27-16-4-2-1-3-15(16)23-24-27/h1-6,9,12,14H,7-8,10-11,13H2. The lowest BCUT2D eigenvalue weighted by Gasteiger charge is -2.31. The molecule has 0 saturated carbocycles. The molecule has 29 heavy (non-hydrogen) atoms. The first-order valence-corrected chi connectivity index (χ1v) is 10.3. The van der Waals surface area contributed by atoms with E-state index in [0.29, 0.717) is 36.1 Å². The van der Waals surface area contributed by atoms with Crippen LogP contribution in [0.25, 0.3) is 11.0 Å². The zero-order chi connectivity index (χ0) is 19.8. The number of amides is 1. The summed E-state index contributed by atoms with van der Waals surface area (Å²) in [5, 5.41) is 8.50. The minimum atomic E-state index is -0.0634. The molecule has 1 aliphatic heterocycles. The molecule has 8 nitrogen and oxygen atoms in total. The van der Waals surface area contributed by atoms with Crippen LogP contribution in [0.15, 0.2) is 57.9 Å². The van der Waals surface area contributed by atoms with Crippen molar-refractivity contribution in [1.29, 1.82) is 0 Å². The third-order valence-electron chi connectivity index (χ3n) is 5.39. The number of rotatable bonds is 4. The molecule has 0 unspecified atom stereocenters. The molecule has 1 aliphatic rings. The smallest absolute Gasteiger partial charge is 0.289 e. The van der Waals surface area contributed by atoms with Crippen LogP contribution in [-0.2, 0) is 6.67 Å². The highest BCUT2D eigenvalue weighted by Gasteiger charge is 2.28. The lowest BCUT2D eigenvalue weighted by atomic mass is 9.95. The Morgan fingerprint density at radius 3 is 2.79 bits per heavy atom. The molecular weight excluding hydrogens is 436 g/mol. The fourth-order valence-corrected chi connectivity index (χ4v) is 4.20. The first kappa shape index (κ1) is 18.1. The van der Waals surface area contributed by atoms with Gasteiger partial charge in [-0.25, -0.2) is 9.67 Å². The zero-order valence-electron chi connectivity index (χ0n) is 15.6. The largest absolute Gasteiger partial charge is 0.444 e. The van der Waals surface area contributed by atoms with E-state index in [2.05, 4.69) is 35.8 Å². The Kier molecular flexibility index (Phi) is 4.67. The van der Waals surface area contributed by atoms with Gasteiger partial charge in [-0.15, -0.1) is 5.10 Å². The van der Waals surface area contributed by atoms with Gasteiger partial charge in [-0.05, 0) is 53.0 Å². The summed E-state index contributed by atoms with van der Waals surface area (Å²) < 4.78 is 9.97. The molecule has 4 heterocycles. The van der Waals surface area contributed by atoms with Crippen molar-refractivity contribution >= 4 is 32.9 Å². The SMILES string of the molecule is O=C(c1ccc(Br)o1)N1CCC(c2nccn2Cn2nnc3ccccc32)CC1. The van der Waals surface area contributed by atoms with E-state index < -0.39 is 0 Å². The summed E-state index contributed by atoms with van der Waals surface area (Å²) in [5.41, 5.74) is 1.88. The zero-order valence-corrected chi connectivity index (χ0v) is 17.2. The number of para-hydroxylation sites is 1. The molecule has 0 aliphatic carbocycles. The van der Waals surface area contributed by atoms with Crippen LogP contribution in [0.1, 0.15) is 35.1 Å². The lowest BCUT2D eigenvalue weighted by molar-refractivity contribution is 0.0676. The number of carbonyl (C=O) groups excluding carboxylic acids is 1. The second kappa shape index (κ2) is 7.47. The van der Waals surface area contributed by atoms with Crippen molar-refractivity contribution in [3.8, 4) is 0 Å². The molecule has 0 N–H and O–H groups in total. The molecule has 1 fully saturated rings. The fraction of sp³-hybridized carbons (Fsp3) is 0.300. The highest BCUT2D eigenvalue weighted by Crippen LogP contribution is 2.28. The van der Waals surface area contributed by atoms with Crippen LogP contribution in [0, 0.1) is 0 Å². The maximum absolute atomic E-state index is 12.6. The maximum atomic E-state index is 12.6. The molecule has 4 aromatic rings. The number of benzene rings is 1. The summed E-state index contributed by atoms with van der Waals surface area (Å²) in [5.74, 6) is 1.63. The molecule has 3 aromatic heterocycles. The van der Waals surface area contributed by atoms with Gasteiger partial charge in [0, 0.05) is 31.4 Å². The second-order valence-electron chi connectivity index (χ2n) is 7.14. The molecule has 0 spiro atoms. The van der Waals surface area contributed by atoms with Gasteiger partial charge in [0.25, 0.3) is 5.91 Å². The monoisotopic (exact) mass is 454 g/mol. The van der Waals surface area contributed by atoms with Crippen molar-refractivity contribution in [3.05, 3.63) is 65.0 Å². The number of imidazole rings is 1. The number of aromatic nitrogens is 5. The van der Waals surface area contributed by atoms with Crippen molar-refractivity contribution in [1.82, 2.24) is 29.4 Å². The van der Waals surface area contributed by atoms with Gasteiger partial charge in [-0.2, -0.15) is 0 Å². The number of nitrogens with zero attached hydrogens (tertiary/aromatic N) is 6. The molecule has 148 valence electrons. The molecule has 1 saturated heterocycles. The van der Waals surface area contributed by atoms with Gasteiger partial charge in [0.05, 0.1) is 5.52 Å².